The van der Waals surface area contributed by atoms with Crippen LogP contribution in [0.4, 0.5) is 19.0 Å². The number of nitrogens with one attached hydrogen (secondary N) is 1. The number of anilines is 1. The van der Waals surface area contributed by atoms with E-state index in [-0.39, 0.29) is 12.5 Å². The SMILES string of the molecule is Cc1nn(C(C)C(=O)Nc2cc(C)n(Cc3cccc(C(F)(F)F)c3)n2)c(C)c1Cl. The van der Waals surface area contributed by atoms with Gasteiger partial charge in [-0.1, -0.05) is 23.7 Å². The largest absolute Gasteiger partial charge is 0.416 e. The van der Waals surface area contributed by atoms with Crippen molar-refractivity contribution in [3.8, 4) is 0 Å². The lowest BCUT2D eigenvalue weighted by molar-refractivity contribution is -0.137. The molecule has 0 fully saturated rings. The van der Waals surface area contributed by atoms with Crippen molar-refractivity contribution in [2.75, 3.05) is 5.32 Å². The minimum atomic E-state index is -4.41. The molecule has 0 aliphatic heterocycles. The molecule has 1 N–H and O–H groups in total. The van der Waals surface area contributed by atoms with Crippen LogP contribution in [0.3, 0.4) is 0 Å². The fraction of sp³-hybridized carbons (Fsp3) is 0.350. The number of hydrogen-bond donors (Lipinski definition) is 1. The van der Waals surface area contributed by atoms with Crippen LogP contribution in [0.15, 0.2) is 30.3 Å². The molecule has 1 unspecified atom stereocenters. The highest BCUT2D eigenvalue weighted by Gasteiger charge is 2.30. The maximum absolute atomic E-state index is 12.9. The number of carbonyl (C=O) groups excluding carboxylic acids is 1. The molecule has 3 rings (SSSR count). The van der Waals surface area contributed by atoms with Gasteiger partial charge in [0.15, 0.2) is 5.82 Å². The summed E-state index contributed by atoms with van der Waals surface area (Å²) in [7, 11) is 0. The molecule has 1 atom stereocenters. The predicted octanol–water partition coefficient (Wildman–Crippen LogP) is 4.93. The van der Waals surface area contributed by atoms with Crippen molar-refractivity contribution in [2.24, 2.45) is 0 Å². The average molecular weight is 440 g/mol. The summed E-state index contributed by atoms with van der Waals surface area (Å²) in [6, 6.07) is 6.12. The van der Waals surface area contributed by atoms with Crippen molar-refractivity contribution >= 4 is 23.3 Å². The van der Waals surface area contributed by atoms with Crippen LogP contribution in [0.1, 0.15) is 41.2 Å². The molecule has 0 spiro atoms. The number of benzene rings is 1. The molecule has 160 valence electrons. The van der Waals surface area contributed by atoms with Crippen molar-refractivity contribution in [3.05, 3.63) is 63.6 Å². The fourth-order valence-corrected chi connectivity index (χ4v) is 3.24. The Bertz CT molecular complexity index is 1090. The number of halogens is 4. The molecular weight excluding hydrogens is 419 g/mol. The van der Waals surface area contributed by atoms with Crippen LogP contribution in [0, 0.1) is 20.8 Å². The number of nitrogens with zero attached hydrogens (tertiary/aromatic N) is 4. The molecule has 0 bridgehead atoms. The summed E-state index contributed by atoms with van der Waals surface area (Å²) in [5.41, 5.74) is 1.76. The van der Waals surface area contributed by atoms with Gasteiger partial charge < -0.3 is 5.32 Å². The zero-order chi connectivity index (χ0) is 22.2. The number of rotatable bonds is 5. The maximum atomic E-state index is 12.9. The van der Waals surface area contributed by atoms with Crippen molar-refractivity contribution in [2.45, 2.75) is 46.5 Å². The quantitative estimate of drug-likeness (QED) is 0.613. The van der Waals surface area contributed by atoms with Crippen LogP contribution in [-0.4, -0.2) is 25.5 Å². The van der Waals surface area contributed by atoms with Crippen LogP contribution in [-0.2, 0) is 17.5 Å². The molecule has 2 heterocycles. The van der Waals surface area contributed by atoms with Gasteiger partial charge in [-0.25, -0.2) is 0 Å². The van der Waals surface area contributed by atoms with Gasteiger partial charge in [-0.2, -0.15) is 23.4 Å². The van der Waals surface area contributed by atoms with Crippen LogP contribution < -0.4 is 5.32 Å². The van der Waals surface area contributed by atoms with Gasteiger partial charge in [0.1, 0.15) is 6.04 Å². The summed E-state index contributed by atoms with van der Waals surface area (Å²) in [6.07, 6.45) is -4.41. The van der Waals surface area contributed by atoms with Crippen molar-refractivity contribution in [1.29, 1.82) is 0 Å². The Morgan fingerprint density at radius 1 is 1.20 bits per heavy atom. The van der Waals surface area contributed by atoms with E-state index < -0.39 is 17.8 Å². The molecule has 1 amide bonds. The molecule has 10 heteroatoms. The zero-order valence-corrected chi connectivity index (χ0v) is 17.6. The maximum Gasteiger partial charge on any atom is 0.416 e. The first kappa shape index (κ1) is 21.9. The fourth-order valence-electron chi connectivity index (χ4n) is 3.11. The van der Waals surface area contributed by atoms with Gasteiger partial charge in [-0.3, -0.25) is 14.2 Å². The Morgan fingerprint density at radius 2 is 1.90 bits per heavy atom. The number of alkyl halides is 3. The minimum absolute atomic E-state index is 0.147. The Morgan fingerprint density at radius 3 is 2.50 bits per heavy atom. The summed E-state index contributed by atoms with van der Waals surface area (Å²) in [5, 5.41) is 11.8. The summed E-state index contributed by atoms with van der Waals surface area (Å²) in [6.45, 7) is 7.14. The predicted molar refractivity (Wildman–Crippen MR) is 108 cm³/mol. The van der Waals surface area contributed by atoms with Gasteiger partial charge >= 0.3 is 6.18 Å². The highest BCUT2D eigenvalue weighted by Crippen LogP contribution is 2.30. The molecule has 0 radical (unpaired) electrons. The average Bonchev–Trinajstić information content (AvgIpc) is 3.14. The van der Waals surface area contributed by atoms with Crippen molar-refractivity contribution in [3.63, 3.8) is 0 Å². The minimum Gasteiger partial charge on any atom is -0.307 e. The first-order valence-corrected chi connectivity index (χ1v) is 9.58. The molecule has 0 aliphatic rings. The van der Waals surface area contributed by atoms with E-state index in [0.29, 0.717) is 33.5 Å². The second kappa shape index (κ2) is 8.14. The highest BCUT2D eigenvalue weighted by molar-refractivity contribution is 6.31. The first-order valence-electron chi connectivity index (χ1n) is 9.20. The van der Waals surface area contributed by atoms with E-state index in [9.17, 15) is 18.0 Å². The molecule has 0 saturated heterocycles. The van der Waals surface area contributed by atoms with E-state index in [1.165, 1.54) is 10.7 Å². The van der Waals surface area contributed by atoms with E-state index >= 15 is 0 Å². The Labute approximate surface area is 176 Å². The van der Waals surface area contributed by atoms with E-state index in [4.69, 9.17) is 11.6 Å². The Balaban J connectivity index is 1.75. The number of carbonyl (C=O) groups is 1. The van der Waals surface area contributed by atoms with Crippen LogP contribution >= 0.6 is 11.6 Å². The number of aromatic nitrogens is 4. The van der Waals surface area contributed by atoms with Crippen molar-refractivity contribution in [1.82, 2.24) is 19.6 Å². The van der Waals surface area contributed by atoms with Gasteiger partial charge in [0.25, 0.3) is 0 Å². The lowest BCUT2D eigenvalue weighted by Crippen LogP contribution is -2.25. The molecule has 30 heavy (non-hydrogen) atoms. The van der Waals surface area contributed by atoms with Crippen LogP contribution in [0.5, 0.6) is 0 Å². The third-order valence-electron chi connectivity index (χ3n) is 4.80. The Kier molecular flexibility index (Phi) is 5.94. The van der Waals surface area contributed by atoms with E-state index in [1.807, 2.05) is 0 Å². The number of hydrogen-bond acceptors (Lipinski definition) is 3. The smallest absolute Gasteiger partial charge is 0.307 e. The second-order valence-electron chi connectivity index (χ2n) is 7.12. The second-order valence-corrected chi connectivity index (χ2v) is 7.50. The molecule has 1 aromatic carbocycles. The van der Waals surface area contributed by atoms with E-state index in [2.05, 4.69) is 15.5 Å². The molecular formula is C20H21ClF3N5O. The van der Waals surface area contributed by atoms with Gasteiger partial charge in [-0.15, -0.1) is 0 Å². The third-order valence-corrected chi connectivity index (χ3v) is 5.35. The number of aryl methyl sites for hydroxylation is 2. The lowest BCUT2D eigenvalue weighted by atomic mass is 10.1. The monoisotopic (exact) mass is 439 g/mol. The normalized spacial score (nSPS) is 12.8. The molecule has 6 nitrogen and oxygen atoms in total. The van der Waals surface area contributed by atoms with Gasteiger partial charge in [0.05, 0.1) is 28.5 Å². The van der Waals surface area contributed by atoms with E-state index in [0.717, 1.165) is 12.1 Å². The molecule has 3 aromatic rings. The zero-order valence-electron chi connectivity index (χ0n) is 16.9. The Hall–Kier alpha value is -2.81. The third kappa shape index (κ3) is 4.51. The van der Waals surface area contributed by atoms with Crippen LogP contribution in [0.2, 0.25) is 5.02 Å². The molecule has 0 aliphatic carbocycles. The number of amides is 1. The van der Waals surface area contributed by atoms with E-state index in [1.54, 1.807) is 44.5 Å². The topological polar surface area (TPSA) is 64.7 Å². The summed E-state index contributed by atoms with van der Waals surface area (Å²) in [5.74, 6) is -0.0232. The lowest BCUT2D eigenvalue weighted by Gasteiger charge is -2.13. The molecule has 2 aromatic heterocycles. The highest BCUT2D eigenvalue weighted by atomic mass is 35.5. The summed E-state index contributed by atoms with van der Waals surface area (Å²) in [4.78, 5) is 12.6. The summed E-state index contributed by atoms with van der Waals surface area (Å²) >= 11 is 6.15. The standard InChI is InChI=1S/C20H21ClF3N5O/c1-11-8-17(25-19(30)14(4)29-13(3)18(21)12(2)26-29)27-28(11)10-15-6-5-7-16(9-15)20(22,23)24/h5-9,14H,10H2,1-4H3,(H,25,27,30). The van der Waals surface area contributed by atoms with Gasteiger partial charge in [0.2, 0.25) is 5.91 Å². The van der Waals surface area contributed by atoms with Crippen molar-refractivity contribution < 1.29 is 18.0 Å². The first-order chi connectivity index (χ1) is 14.0. The van der Waals surface area contributed by atoms with Crippen LogP contribution in [0.25, 0.3) is 0 Å². The van der Waals surface area contributed by atoms with Gasteiger partial charge in [-0.05, 0) is 45.4 Å². The molecule has 0 saturated carbocycles. The summed E-state index contributed by atoms with van der Waals surface area (Å²) < 4.78 is 41.8. The van der Waals surface area contributed by atoms with Gasteiger partial charge in [0, 0.05) is 11.8 Å².